The van der Waals surface area contributed by atoms with Crippen LogP contribution in [-0.2, 0) is 28.6 Å². The molecular weight excluding hydrogens is 383 g/mol. The van der Waals surface area contributed by atoms with E-state index in [1.54, 1.807) is 24.5 Å². The van der Waals surface area contributed by atoms with E-state index in [4.69, 9.17) is 16.3 Å². The van der Waals surface area contributed by atoms with Gasteiger partial charge in [-0.3, -0.25) is 9.59 Å². The average Bonchev–Trinajstić information content (AvgIpc) is 3.03. The molecule has 0 aliphatic carbocycles. The lowest BCUT2D eigenvalue weighted by molar-refractivity contribution is -0.147. The molecule has 0 amide bonds. The maximum absolute atomic E-state index is 14.1. The SMILES string of the molecule is Cc1cc2c(CCl)c3c(nc2cc1F)-c1cc2c(c(=O)n1C3)COC(=O)C2C. The molecule has 0 saturated heterocycles. The molecule has 142 valence electrons. The first-order valence-corrected chi connectivity index (χ1v) is 9.55. The van der Waals surface area contributed by atoms with E-state index in [0.29, 0.717) is 40.1 Å². The van der Waals surface area contributed by atoms with Crippen LogP contribution in [0.4, 0.5) is 4.39 Å². The van der Waals surface area contributed by atoms with Gasteiger partial charge in [0, 0.05) is 22.9 Å². The van der Waals surface area contributed by atoms with Crippen LogP contribution in [0.1, 0.15) is 40.7 Å². The molecule has 1 aromatic carbocycles. The number of fused-ring (bicyclic) bond motifs is 5. The molecule has 28 heavy (non-hydrogen) atoms. The van der Waals surface area contributed by atoms with Crippen LogP contribution in [0.5, 0.6) is 0 Å². The van der Waals surface area contributed by atoms with Gasteiger partial charge in [-0.1, -0.05) is 0 Å². The topological polar surface area (TPSA) is 61.2 Å². The molecule has 4 heterocycles. The summed E-state index contributed by atoms with van der Waals surface area (Å²) in [5.41, 5.74) is 4.99. The Morgan fingerprint density at radius 2 is 2.07 bits per heavy atom. The van der Waals surface area contributed by atoms with Gasteiger partial charge in [-0.2, -0.15) is 0 Å². The Morgan fingerprint density at radius 3 is 2.82 bits per heavy atom. The van der Waals surface area contributed by atoms with Crippen LogP contribution >= 0.6 is 11.6 Å². The molecule has 7 heteroatoms. The summed E-state index contributed by atoms with van der Waals surface area (Å²) in [5, 5.41) is 0.796. The summed E-state index contributed by atoms with van der Waals surface area (Å²) < 4.78 is 20.9. The number of benzene rings is 1. The number of hydrogen-bond donors (Lipinski definition) is 0. The second-order valence-corrected chi connectivity index (χ2v) is 7.62. The van der Waals surface area contributed by atoms with Gasteiger partial charge in [-0.15, -0.1) is 11.6 Å². The van der Waals surface area contributed by atoms with Crippen LogP contribution in [0, 0.1) is 12.7 Å². The second kappa shape index (κ2) is 5.88. The Kier molecular flexibility index (Phi) is 3.65. The maximum atomic E-state index is 14.1. The van der Waals surface area contributed by atoms with E-state index < -0.39 is 5.92 Å². The van der Waals surface area contributed by atoms with E-state index in [9.17, 15) is 14.0 Å². The van der Waals surface area contributed by atoms with Gasteiger partial charge >= 0.3 is 5.97 Å². The number of aryl methyl sites for hydroxylation is 1. The summed E-state index contributed by atoms with van der Waals surface area (Å²) in [5.74, 6) is -0.968. The van der Waals surface area contributed by atoms with E-state index in [0.717, 1.165) is 16.5 Å². The van der Waals surface area contributed by atoms with Crippen molar-refractivity contribution >= 4 is 28.5 Å². The molecule has 5 nitrogen and oxygen atoms in total. The molecule has 0 bridgehead atoms. The zero-order valence-electron chi connectivity index (χ0n) is 15.3. The zero-order chi connectivity index (χ0) is 19.7. The van der Waals surface area contributed by atoms with Gasteiger partial charge in [-0.25, -0.2) is 9.37 Å². The molecule has 0 fully saturated rings. The molecule has 0 spiro atoms. The van der Waals surface area contributed by atoms with Gasteiger partial charge < -0.3 is 9.30 Å². The summed E-state index contributed by atoms with van der Waals surface area (Å²) in [6.07, 6.45) is 0. The van der Waals surface area contributed by atoms with E-state index in [-0.39, 0.29) is 29.8 Å². The lowest BCUT2D eigenvalue weighted by atomic mass is 9.94. The number of nitrogens with zero attached hydrogens (tertiary/aromatic N) is 2. The van der Waals surface area contributed by atoms with Crippen LogP contribution in [-0.4, -0.2) is 15.5 Å². The Morgan fingerprint density at radius 1 is 1.29 bits per heavy atom. The number of carbonyl (C=O) groups is 1. The number of hydrogen-bond acceptors (Lipinski definition) is 4. The van der Waals surface area contributed by atoms with Crippen molar-refractivity contribution < 1.29 is 13.9 Å². The Labute approximate surface area is 164 Å². The number of halogens is 2. The van der Waals surface area contributed by atoms with Crippen LogP contribution in [0.15, 0.2) is 23.0 Å². The first kappa shape index (κ1) is 17.4. The number of carbonyl (C=O) groups excluding carboxylic acids is 1. The van der Waals surface area contributed by atoms with Crippen molar-refractivity contribution in [1.29, 1.82) is 0 Å². The highest BCUT2D eigenvalue weighted by molar-refractivity contribution is 6.18. The minimum atomic E-state index is -0.514. The monoisotopic (exact) mass is 398 g/mol. The van der Waals surface area contributed by atoms with E-state index in [2.05, 4.69) is 4.98 Å². The van der Waals surface area contributed by atoms with Crippen molar-refractivity contribution in [3.8, 4) is 11.4 Å². The summed E-state index contributed by atoms with van der Waals surface area (Å²) in [6.45, 7) is 3.76. The van der Waals surface area contributed by atoms with Gasteiger partial charge in [0.1, 0.15) is 12.4 Å². The van der Waals surface area contributed by atoms with Gasteiger partial charge in [0.25, 0.3) is 5.56 Å². The third-order valence-electron chi connectivity index (χ3n) is 5.79. The highest BCUT2D eigenvalue weighted by atomic mass is 35.5. The molecule has 2 aliphatic heterocycles. The average molecular weight is 399 g/mol. The van der Waals surface area contributed by atoms with E-state index in [1.807, 2.05) is 6.07 Å². The van der Waals surface area contributed by atoms with Crippen LogP contribution in [0.25, 0.3) is 22.3 Å². The summed E-state index contributed by atoms with van der Waals surface area (Å²) in [7, 11) is 0. The molecular formula is C21H16ClFN2O3. The van der Waals surface area contributed by atoms with E-state index >= 15 is 0 Å². The van der Waals surface area contributed by atoms with Crippen molar-refractivity contribution in [2.24, 2.45) is 0 Å². The van der Waals surface area contributed by atoms with Crippen LogP contribution < -0.4 is 5.56 Å². The maximum Gasteiger partial charge on any atom is 0.313 e. The highest BCUT2D eigenvalue weighted by Crippen LogP contribution is 2.39. The molecule has 5 rings (SSSR count). The Hall–Kier alpha value is -2.73. The first-order valence-electron chi connectivity index (χ1n) is 9.02. The minimum absolute atomic E-state index is 0.0177. The highest BCUT2D eigenvalue weighted by Gasteiger charge is 2.33. The zero-order valence-corrected chi connectivity index (χ0v) is 16.1. The van der Waals surface area contributed by atoms with Crippen LogP contribution in [0.3, 0.4) is 0 Å². The number of rotatable bonds is 1. The molecule has 1 unspecified atom stereocenters. The molecule has 0 radical (unpaired) electrons. The quantitative estimate of drug-likeness (QED) is 0.361. The van der Waals surface area contributed by atoms with Crippen molar-refractivity contribution in [2.75, 3.05) is 0 Å². The normalized spacial score (nSPS) is 17.3. The van der Waals surface area contributed by atoms with Crippen molar-refractivity contribution in [3.63, 3.8) is 0 Å². The van der Waals surface area contributed by atoms with Crippen molar-refractivity contribution in [2.45, 2.75) is 38.8 Å². The number of alkyl halides is 1. The fraction of sp³-hybridized carbons (Fsp3) is 0.286. The number of esters is 1. The predicted molar refractivity (Wildman–Crippen MR) is 103 cm³/mol. The lowest BCUT2D eigenvalue weighted by Crippen LogP contribution is -2.31. The number of aromatic nitrogens is 2. The molecule has 1 atom stereocenters. The third kappa shape index (κ3) is 2.21. The minimum Gasteiger partial charge on any atom is -0.460 e. The van der Waals surface area contributed by atoms with E-state index in [1.165, 1.54) is 6.07 Å². The Balaban J connectivity index is 1.84. The number of pyridine rings is 2. The van der Waals surface area contributed by atoms with Crippen molar-refractivity contribution in [1.82, 2.24) is 9.55 Å². The first-order chi connectivity index (χ1) is 13.4. The predicted octanol–water partition coefficient (Wildman–Crippen LogP) is 3.77. The fourth-order valence-corrected chi connectivity index (χ4v) is 4.48. The van der Waals surface area contributed by atoms with Gasteiger partial charge in [0.2, 0.25) is 0 Å². The van der Waals surface area contributed by atoms with Gasteiger partial charge in [0.05, 0.1) is 34.9 Å². The Bertz CT molecular complexity index is 1270. The number of ether oxygens (including phenoxy) is 1. The largest absolute Gasteiger partial charge is 0.460 e. The summed E-state index contributed by atoms with van der Waals surface area (Å²) in [6, 6.07) is 5.00. The lowest BCUT2D eigenvalue weighted by Gasteiger charge is -2.22. The van der Waals surface area contributed by atoms with Gasteiger partial charge in [0.15, 0.2) is 0 Å². The molecule has 3 aromatic rings. The number of cyclic esters (lactones) is 1. The molecule has 0 N–H and O–H groups in total. The standard InChI is InChI=1S/C21H16ClFN2O3/c1-9-3-12-13(6-22)14-7-25-18(19(14)24-17(12)5-16(9)23)4-11-10(2)21(27)28-8-15(11)20(25)26/h3-5,10H,6-8H2,1-2H3. The summed E-state index contributed by atoms with van der Waals surface area (Å²) in [4.78, 5) is 29.7. The third-order valence-corrected chi connectivity index (χ3v) is 6.06. The molecule has 2 aliphatic rings. The second-order valence-electron chi connectivity index (χ2n) is 7.35. The van der Waals surface area contributed by atoms with Gasteiger partial charge in [-0.05, 0) is 42.7 Å². The van der Waals surface area contributed by atoms with Crippen molar-refractivity contribution in [3.05, 3.63) is 62.2 Å². The molecule has 0 saturated carbocycles. The molecule has 2 aromatic heterocycles. The fourth-order valence-electron chi connectivity index (χ4n) is 4.18. The smallest absolute Gasteiger partial charge is 0.313 e. The summed E-state index contributed by atoms with van der Waals surface area (Å²) >= 11 is 6.26. The van der Waals surface area contributed by atoms with Crippen LogP contribution in [0.2, 0.25) is 0 Å².